The smallest absolute Gasteiger partial charge is 0.335 e. The molecule has 1 atom stereocenters. The van der Waals surface area contributed by atoms with E-state index in [0.29, 0.717) is 39.3 Å². The summed E-state index contributed by atoms with van der Waals surface area (Å²) in [6, 6.07) is 0. The highest BCUT2D eigenvalue weighted by atomic mass is 16.6. The maximum Gasteiger partial charge on any atom is 0.335 e. The van der Waals surface area contributed by atoms with Gasteiger partial charge in [-0.05, 0) is 0 Å². The average molecular weight is 202 g/mol. The fraction of sp³-hybridized carbons (Fsp3) is 0.889. The van der Waals surface area contributed by atoms with Crippen molar-refractivity contribution in [1.82, 2.24) is 0 Å². The Hall–Kier alpha value is -0.650. The first-order valence-electron chi connectivity index (χ1n) is 4.81. The minimum atomic E-state index is -0.938. The Morgan fingerprint density at radius 2 is 1.93 bits per heavy atom. The minimum Gasteiger partial charge on any atom is -0.479 e. The molecular weight excluding hydrogens is 188 g/mol. The standard InChI is InChI=1S/C9H14O5/c10-8(11)7-9(14-6-5-13-7)1-3-12-4-2-9/h7H,1-6H2,(H,10,11)/t7-/m0/s1. The van der Waals surface area contributed by atoms with Crippen molar-refractivity contribution in [2.45, 2.75) is 24.5 Å². The summed E-state index contributed by atoms with van der Waals surface area (Å²) >= 11 is 0. The molecule has 0 radical (unpaired) electrons. The van der Waals surface area contributed by atoms with E-state index in [9.17, 15) is 4.79 Å². The van der Waals surface area contributed by atoms with Crippen LogP contribution < -0.4 is 0 Å². The van der Waals surface area contributed by atoms with E-state index >= 15 is 0 Å². The molecule has 2 fully saturated rings. The van der Waals surface area contributed by atoms with Gasteiger partial charge in [0, 0.05) is 26.1 Å². The Labute approximate surface area is 81.9 Å². The molecule has 5 nitrogen and oxygen atoms in total. The predicted molar refractivity (Wildman–Crippen MR) is 46.1 cm³/mol. The maximum absolute atomic E-state index is 11.0. The van der Waals surface area contributed by atoms with Gasteiger partial charge in [-0.25, -0.2) is 4.79 Å². The number of aliphatic carboxylic acids is 1. The lowest BCUT2D eigenvalue weighted by Crippen LogP contribution is -2.57. The molecule has 2 aliphatic heterocycles. The van der Waals surface area contributed by atoms with Gasteiger partial charge in [-0.3, -0.25) is 0 Å². The normalized spacial score (nSPS) is 31.6. The van der Waals surface area contributed by atoms with Crippen LogP contribution in [0.2, 0.25) is 0 Å². The Bertz CT molecular complexity index is 213. The van der Waals surface area contributed by atoms with Crippen LogP contribution in [0.1, 0.15) is 12.8 Å². The molecule has 0 aliphatic carbocycles. The second-order valence-corrected chi connectivity index (χ2v) is 3.61. The van der Waals surface area contributed by atoms with E-state index < -0.39 is 17.7 Å². The second kappa shape index (κ2) is 3.84. The van der Waals surface area contributed by atoms with Gasteiger partial charge in [-0.1, -0.05) is 0 Å². The van der Waals surface area contributed by atoms with Crippen LogP contribution in [0.15, 0.2) is 0 Å². The van der Waals surface area contributed by atoms with Crippen molar-refractivity contribution < 1.29 is 24.1 Å². The van der Waals surface area contributed by atoms with Crippen molar-refractivity contribution in [2.24, 2.45) is 0 Å². The number of rotatable bonds is 1. The SMILES string of the molecule is O=C(O)[C@@H]1OCCOC12CCOCC2. The van der Waals surface area contributed by atoms with E-state index in [4.69, 9.17) is 19.3 Å². The Balaban J connectivity index is 2.14. The van der Waals surface area contributed by atoms with E-state index in [1.807, 2.05) is 0 Å². The van der Waals surface area contributed by atoms with Crippen LogP contribution >= 0.6 is 0 Å². The molecule has 0 bridgehead atoms. The Morgan fingerprint density at radius 1 is 1.21 bits per heavy atom. The molecule has 1 N–H and O–H groups in total. The number of carbonyl (C=O) groups is 1. The first kappa shape index (κ1) is 9.89. The van der Waals surface area contributed by atoms with Gasteiger partial charge in [-0.15, -0.1) is 0 Å². The van der Waals surface area contributed by atoms with Gasteiger partial charge in [0.25, 0.3) is 0 Å². The van der Waals surface area contributed by atoms with Gasteiger partial charge in [0.2, 0.25) is 0 Å². The summed E-state index contributed by atoms with van der Waals surface area (Å²) in [6.45, 7) is 1.93. The molecule has 0 aromatic carbocycles. The molecular formula is C9H14O5. The first-order valence-corrected chi connectivity index (χ1v) is 4.81. The van der Waals surface area contributed by atoms with Gasteiger partial charge >= 0.3 is 5.97 Å². The first-order chi connectivity index (χ1) is 6.75. The summed E-state index contributed by atoms with van der Waals surface area (Å²) in [5.74, 6) is -0.938. The summed E-state index contributed by atoms with van der Waals surface area (Å²) in [5, 5.41) is 9.01. The predicted octanol–water partition coefficient (Wildman–Crippen LogP) is 0.0356. The molecule has 0 amide bonds. The maximum atomic E-state index is 11.0. The number of hydrogen-bond donors (Lipinski definition) is 1. The van der Waals surface area contributed by atoms with E-state index in [-0.39, 0.29) is 0 Å². The molecule has 0 aromatic heterocycles. The molecule has 0 aromatic rings. The third-order valence-corrected chi connectivity index (χ3v) is 2.80. The van der Waals surface area contributed by atoms with Crippen molar-refractivity contribution in [3.63, 3.8) is 0 Å². The average Bonchev–Trinajstić information content (AvgIpc) is 2.19. The van der Waals surface area contributed by atoms with Crippen LogP contribution in [0.3, 0.4) is 0 Å². The highest BCUT2D eigenvalue weighted by Crippen LogP contribution is 2.33. The molecule has 14 heavy (non-hydrogen) atoms. The van der Waals surface area contributed by atoms with Crippen LogP contribution in [0, 0.1) is 0 Å². The third-order valence-electron chi connectivity index (χ3n) is 2.80. The Morgan fingerprint density at radius 3 is 2.57 bits per heavy atom. The lowest BCUT2D eigenvalue weighted by Gasteiger charge is -2.43. The van der Waals surface area contributed by atoms with Gasteiger partial charge in [-0.2, -0.15) is 0 Å². The Kier molecular flexibility index (Phi) is 2.71. The largest absolute Gasteiger partial charge is 0.479 e. The van der Waals surface area contributed by atoms with E-state index in [0.717, 1.165) is 0 Å². The monoisotopic (exact) mass is 202 g/mol. The molecule has 2 rings (SSSR count). The molecule has 1 spiro atoms. The number of ether oxygens (including phenoxy) is 3. The second-order valence-electron chi connectivity index (χ2n) is 3.61. The molecule has 2 heterocycles. The molecule has 2 aliphatic rings. The summed E-state index contributed by atoms with van der Waals surface area (Å²) < 4.78 is 16.0. The van der Waals surface area contributed by atoms with Crippen molar-refractivity contribution in [1.29, 1.82) is 0 Å². The zero-order valence-corrected chi connectivity index (χ0v) is 7.90. The van der Waals surface area contributed by atoms with Crippen LogP contribution in [-0.4, -0.2) is 49.2 Å². The van der Waals surface area contributed by atoms with Gasteiger partial charge in [0.15, 0.2) is 6.10 Å². The van der Waals surface area contributed by atoms with Crippen LogP contribution in [-0.2, 0) is 19.0 Å². The van der Waals surface area contributed by atoms with E-state index in [1.165, 1.54) is 0 Å². The molecule has 80 valence electrons. The lowest BCUT2D eigenvalue weighted by molar-refractivity contribution is -0.234. The van der Waals surface area contributed by atoms with E-state index in [2.05, 4.69) is 0 Å². The van der Waals surface area contributed by atoms with Crippen molar-refractivity contribution in [3.8, 4) is 0 Å². The number of hydrogen-bond acceptors (Lipinski definition) is 4. The molecule has 0 unspecified atom stereocenters. The molecule has 0 saturated carbocycles. The van der Waals surface area contributed by atoms with Crippen LogP contribution in [0.25, 0.3) is 0 Å². The van der Waals surface area contributed by atoms with Crippen molar-refractivity contribution in [3.05, 3.63) is 0 Å². The van der Waals surface area contributed by atoms with Gasteiger partial charge in [0.05, 0.1) is 13.2 Å². The molecule has 5 heteroatoms. The summed E-state index contributed by atoms with van der Waals surface area (Å²) in [6.07, 6.45) is 0.369. The zero-order valence-electron chi connectivity index (χ0n) is 7.90. The topological polar surface area (TPSA) is 65.0 Å². The highest BCUT2D eigenvalue weighted by Gasteiger charge is 2.48. The summed E-state index contributed by atoms with van der Waals surface area (Å²) in [5.41, 5.74) is -0.650. The minimum absolute atomic E-state index is 0.361. The van der Waals surface area contributed by atoms with Gasteiger partial charge in [0.1, 0.15) is 5.60 Å². The lowest BCUT2D eigenvalue weighted by atomic mass is 9.87. The number of carboxylic acid groups (broad SMARTS) is 1. The summed E-state index contributed by atoms with van der Waals surface area (Å²) in [4.78, 5) is 11.0. The van der Waals surface area contributed by atoms with Crippen molar-refractivity contribution in [2.75, 3.05) is 26.4 Å². The van der Waals surface area contributed by atoms with Crippen molar-refractivity contribution >= 4 is 5.97 Å². The summed E-state index contributed by atoms with van der Waals surface area (Å²) in [7, 11) is 0. The van der Waals surface area contributed by atoms with Crippen LogP contribution in [0.5, 0.6) is 0 Å². The highest BCUT2D eigenvalue weighted by molar-refractivity contribution is 5.74. The molecule has 2 saturated heterocycles. The fourth-order valence-corrected chi connectivity index (χ4v) is 2.06. The fourth-order valence-electron chi connectivity index (χ4n) is 2.06. The van der Waals surface area contributed by atoms with E-state index in [1.54, 1.807) is 0 Å². The quantitative estimate of drug-likeness (QED) is 0.650. The zero-order chi connectivity index (χ0) is 10.0. The van der Waals surface area contributed by atoms with Crippen LogP contribution in [0.4, 0.5) is 0 Å². The third kappa shape index (κ3) is 1.63. The van der Waals surface area contributed by atoms with Gasteiger partial charge < -0.3 is 19.3 Å². The number of carboxylic acids is 1.